The molecule has 70 heteroatoms. The van der Waals surface area contributed by atoms with Crippen molar-refractivity contribution in [1.29, 1.82) is 0 Å². The number of ether oxygens (including phenoxy) is 7. The van der Waals surface area contributed by atoms with Crippen LogP contribution in [-0.4, -0.2) is 237 Å². The molecule has 150 heavy (non-hydrogen) atoms. The fraction of sp³-hybridized carbons (Fsp3) is 0.887. The maximum atomic E-state index is 13.5. The Kier molecular flexibility index (Phi) is 35.7. The van der Waals surface area contributed by atoms with E-state index in [0.717, 1.165) is 70.6 Å². The fourth-order valence-electron chi connectivity index (χ4n) is 24.6. The van der Waals surface area contributed by atoms with Crippen molar-refractivity contribution in [2.75, 3.05) is 13.2 Å². The van der Waals surface area contributed by atoms with Gasteiger partial charge in [0.2, 0.25) is 0 Å². The van der Waals surface area contributed by atoms with Crippen molar-refractivity contribution in [3.63, 3.8) is 0 Å². The number of rotatable bonds is 28. The highest BCUT2D eigenvalue weighted by molar-refractivity contribution is 7.88. The molecular weight excluding hydrogens is 2270 g/mol. The quantitative estimate of drug-likeness (QED) is 0.0304. The summed E-state index contributed by atoms with van der Waals surface area (Å²) in [5, 5.41) is -38.8. The number of esters is 7. The van der Waals surface area contributed by atoms with Gasteiger partial charge < -0.3 is 65.0 Å². The Morgan fingerprint density at radius 1 is 0.280 bits per heavy atom. The normalized spacial score (nSPS) is 32.1. The molecule has 15 unspecified atom stereocenters. The summed E-state index contributed by atoms with van der Waals surface area (Å²) in [6.45, 7) is -3.46. The second kappa shape index (κ2) is 42.8. The van der Waals surface area contributed by atoms with Gasteiger partial charge in [-0.25, -0.2) is 58.9 Å². The minimum Gasteiger partial charge on any atom is -0.743 e. The molecule has 0 amide bonds. The predicted molar refractivity (Wildman–Crippen MR) is 425 cm³/mol. The van der Waals surface area contributed by atoms with E-state index < -0.39 is 257 Å². The number of carbonyl (C=O) groups is 9. The molecule has 0 aromatic rings. The first kappa shape index (κ1) is 125. The van der Waals surface area contributed by atoms with E-state index in [1.54, 1.807) is 0 Å². The summed E-state index contributed by atoms with van der Waals surface area (Å²) < 4.78 is 581. The van der Waals surface area contributed by atoms with Crippen LogP contribution in [0.3, 0.4) is 0 Å². The third kappa shape index (κ3) is 26.4. The summed E-state index contributed by atoms with van der Waals surface area (Å²) >= 11 is 0. The van der Waals surface area contributed by atoms with Gasteiger partial charge in [-0.05, 0) is 238 Å². The van der Waals surface area contributed by atoms with Crippen LogP contribution < -0.4 is 0 Å². The summed E-state index contributed by atoms with van der Waals surface area (Å²) in [7, 11) is -45.0. The number of carbonyl (C=O) groups excluding carboxylic acids is 9. The zero-order valence-electron chi connectivity index (χ0n) is 76.7. The van der Waals surface area contributed by atoms with Crippen LogP contribution in [0.25, 0.3) is 0 Å². The lowest BCUT2D eigenvalue weighted by atomic mass is 9.49. The minimum absolute atomic E-state index is 0.0897. The van der Waals surface area contributed by atoms with Gasteiger partial charge in [0, 0.05) is 23.7 Å². The van der Waals surface area contributed by atoms with Crippen LogP contribution in [0.5, 0.6) is 0 Å². The number of Topliss-reactive ketones (excluding diaryl/α,β-unsaturated/α-hetero) is 2. The highest BCUT2D eigenvalue weighted by Crippen LogP contribution is 2.65. The van der Waals surface area contributed by atoms with Gasteiger partial charge in [0.25, 0.3) is 12.2 Å². The van der Waals surface area contributed by atoms with Crippen LogP contribution in [0, 0.1) is 129 Å². The number of halogens is 26. The second-order valence-corrected chi connectivity index (χ2v) is 51.4. The Morgan fingerprint density at radius 3 is 0.853 bits per heavy atom. The predicted octanol–water partition coefficient (Wildman–Crippen LogP) is 12.2. The van der Waals surface area contributed by atoms with Gasteiger partial charge in [-0.1, -0.05) is 38.5 Å². The first-order chi connectivity index (χ1) is 67.6. The molecule has 0 heterocycles. The first-order valence-corrected chi connectivity index (χ1v) is 55.5. The molecule has 19 saturated carbocycles. The van der Waals surface area contributed by atoms with Crippen LogP contribution in [0.2, 0.25) is 0 Å². The van der Waals surface area contributed by atoms with Crippen molar-refractivity contribution in [3.8, 4) is 0 Å². The lowest BCUT2D eigenvalue weighted by Gasteiger charge is -2.55. The monoisotopic (exact) mass is 2360 g/mol. The molecule has 0 spiro atoms. The minimum atomic E-state index is -6.73. The molecule has 0 aromatic carbocycles. The highest BCUT2D eigenvalue weighted by Gasteiger charge is 2.73. The molecule has 0 aliphatic heterocycles. The standard InChI is InChI=1S/C14H15F5O6S.C13H16F4O5S.C13H16F2O6S.C11H13F5O5S.C10H12F4O5S.C10H14F2O5S.C9H12F4O5S/c15-13(16,17)10(14(18,19)26(22,23)24)25-11(21)12-3-6-1-7(4-12)9(20)8(2-6)5-12;14-12(15,13(16,17)23(19,20)21)22-10(18)11-4-7-1-8(5-11)3-9(2-7)6-11;14-13(15,22(18,19)20)6-21-11(17)12-3-7-1-8(4-12)10(16)9(2-7)5-12;12-10(13,14)9(11(15,16)22(18,19)20)21-8(17)7-4-5-1-2-6(7)3-5;11-9(12,10(13,14)20(16,17)18)19-8(15)7-4-5-1-2-6(7)3-5;11-10(12,18(14,15)16)5-17-9(13)8-4-6-1-2-7(8)3-6;10-8(11,9(12,13)19(15,16)17)18-7(14)6-4-2-1-3-5-6/h6-8,10H,1-5H2,(H,22,23,24);7-9H,1-6H2,(H,19,20,21);7-9H,1-6H2,(H,18,19,20);5-7,9H,1-4H2,(H,18,19,20);5-7H,1-4H2,(H,16,17,18);6-8H,1-5H2,(H,14,15,16);6H,1-5H2,(H,15,16,17)/p-7. The van der Waals surface area contributed by atoms with Gasteiger partial charge in [0.1, 0.15) is 11.6 Å². The Morgan fingerprint density at radius 2 is 0.560 bits per heavy atom. The summed E-state index contributed by atoms with van der Waals surface area (Å²) in [5.74, 6) is -13.4. The van der Waals surface area contributed by atoms with Crippen molar-refractivity contribution in [2.24, 2.45) is 129 Å². The lowest BCUT2D eigenvalue weighted by Crippen LogP contribution is -2.58. The van der Waals surface area contributed by atoms with E-state index >= 15 is 0 Å². The fourth-order valence-corrected chi connectivity index (χ4v) is 26.9. The summed E-state index contributed by atoms with van der Waals surface area (Å²) in [6, 6.07) is 0. The first-order valence-electron chi connectivity index (χ1n) is 45.7. The Balaban J connectivity index is 0.000000179. The average Bonchev–Trinajstić information content (AvgIpc) is 1.12. The maximum absolute atomic E-state index is 13.5. The van der Waals surface area contributed by atoms with E-state index in [0.29, 0.717) is 70.1 Å². The summed E-state index contributed by atoms with van der Waals surface area (Å²) in [5.41, 5.74) is -3.77. The van der Waals surface area contributed by atoms with E-state index in [1.165, 1.54) is 0 Å². The Labute approximate surface area is 834 Å². The molecule has 0 radical (unpaired) electrons. The van der Waals surface area contributed by atoms with E-state index in [1.807, 2.05) is 0 Å². The zero-order valence-corrected chi connectivity index (χ0v) is 82.4. The van der Waals surface area contributed by atoms with Gasteiger partial charge in [0.05, 0.1) is 39.9 Å². The molecule has 864 valence electrons. The number of alkyl halides is 26. The summed E-state index contributed by atoms with van der Waals surface area (Å²) in [4.78, 5) is 107. The zero-order chi connectivity index (χ0) is 114. The molecular formula is C80H91F26O37S7-7. The molecule has 19 aliphatic carbocycles. The second-order valence-electron chi connectivity index (χ2n) is 41.2. The molecule has 37 nitrogen and oxygen atoms in total. The number of ketones is 2. The van der Waals surface area contributed by atoms with Crippen LogP contribution in [-0.2, 0) is 147 Å². The lowest BCUT2D eigenvalue weighted by molar-refractivity contribution is -0.310. The van der Waals surface area contributed by atoms with Crippen molar-refractivity contribution < 1.29 is 281 Å². The van der Waals surface area contributed by atoms with Gasteiger partial charge in [-0.3, -0.25) is 43.2 Å². The third-order valence-electron chi connectivity index (χ3n) is 30.8. The highest BCUT2D eigenvalue weighted by atomic mass is 32.2. The van der Waals surface area contributed by atoms with E-state index in [2.05, 4.69) is 33.2 Å². The summed E-state index contributed by atoms with van der Waals surface area (Å²) in [6.07, 6.45) is -20.5. The number of hydrogen-bond acceptors (Lipinski definition) is 37. The number of fused-ring (bicyclic) bond motifs is 6. The van der Waals surface area contributed by atoms with Gasteiger partial charge in [-0.15, -0.1) is 0 Å². The molecule has 0 N–H and O–H groups in total. The molecule has 19 rings (SSSR count). The van der Waals surface area contributed by atoms with E-state index in [9.17, 15) is 248 Å². The van der Waals surface area contributed by atoms with Gasteiger partial charge in [-0.2, -0.15) is 114 Å². The smallest absolute Gasteiger partial charge is 0.481 e. The van der Waals surface area contributed by atoms with Crippen molar-refractivity contribution >= 4 is 124 Å². The Bertz CT molecular complexity index is 5880. The molecule has 19 fully saturated rings. The third-order valence-corrected chi connectivity index (χ3v) is 36.9. The van der Waals surface area contributed by atoms with Crippen LogP contribution in [0.1, 0.15) is 212 Å². The van der Waals surface area contributed by atoms with Crippen LogP contribution in [0.4, 0.5) is 114 Å². The van der Waals surface area contributed by atoms with Crippen molar-refractivity contribution in [2.45, 2.75) is 292 Å². The maximum Gasteiger partial charge on any atom is 0.481 e. The topological polar surface area (TPSA) is 619 Å². The van der Waals surface area contributed by atoms with Crippen molar-refractivity contribution in [1.82, 2.24) is 0 Å². The number of hydrogen-bond donors (Lipinski definition) is 0. The molecule has 15 atom stereocenters. The average molecular weight is 2360 g/mol. The van der Waals surface area contributed by atoms with Crippen LogP contribution in [0.15, 0.2) is 0 Å². The van der Waals surface area contributed by atoms with Gasteiger partial charge in [0.15, 0.2) is 84.0 Å². The molecule has 0 aromatic heterocycles. The van der Waals surface area contributed by atoms with Crippen LogP contribution >= 0.6 is 0 Å². The largest absolute Gasteiger partial charge is 0.743 e. The van der Waals surface area contributed by atoms with E-state index in [4.69, 9.17) is 0 Å². The molecule has 19 aliphatic rings. The SMILES string of the molecule is O=C(OC(C(F)(F)F)C(F)(F)S(=O)(=O)[O-])C1CC2CCC1C2.O=C(OC(F)(F)C(F)(F)S(=O)(=O)[O-])C12CC3CC(CC(C3)C1)C2.O=C(OC(F)(F)C(F)(F)S(=O)(=O)[O-])C1CC2CCC1C2.O=C(OC(F)(F)C(F)(F)S(=O)(=O)[O-])C1CCCCC1.O=C(OCC(F)(F)S(=O)(=O)[O-])C1CC2CCC1C2.O=C1C2CC3CC1CC(C(=O)OC(C(F)(F)F)C(F)(F)S(=O)(=O)[O-])(C3)C2.O=C1C2CC3CC1CC(C(=O)OCC(F)(F)S(=O)(=O)[O-])(C3)C2. The molecule has 0 saturated heterocycles. The Hall–Kier alpha value is -6.82. The van der Waals surface area contributed by atoms with Crippen molar-refractivity contribution in [3.05, 3.63) is 0 Å². The van der Waals surface area contributed by atoms with Gasteiger partial charge >= 0.3 is 109 Å². The van der Waals surface area contributed by atoms with E-state index in [-0.39, 0.29) is 160 Å². The molecule has 18 bridgehead atoms.